The summed E-state index contributed by atoms with van der Waals surface area (Å²) >= 11 is 7.33. The highest BCUT2D eigenvalue weighted by molar-refractivity contribution is 7.13. The van der Waals surface area contributed by atoms with Crippen molar-refractivity contribution in [3.63, 3.8) is 0 Å². The Hall–Kier alpha value is -1.85. The fourth-order valence-electron chi connectivity index (χ4n) is 2.73. The molecule has 0 atom stereocenters. The van der Waals surface area contributed by atoms with Crippen LogP contribution in [0, 0.1) is 6.92 Å². The van der Waals surface area contributed by atoms with Crippen molar-refractivity contribution >= 4 is 34.8 Å². The Labute approximate surface area is 151 Å². The van der Waals surface area contributed by atoms with Gasteiger partial charge in [-0.1, -0.05) is 37.6 Å². The Bertz CT molecular complexity index is 721. The first-order valence-electron chi connectivity index (χ1n) is 7.86. The van der Waals surface area contributed by atoms with E-state index in [0.717, 1.165) is 10.4 Å². The number of hydrogen-bond acceptors (Lipinski definition) is 3. The summed E-state index contributed by atoms with van der Waals surface area (Å²) in [7, 11) is 0. The van der Waals surface area contributed by atoms with Gasteiger partial charge in [-0.15, -0.1) is 11.3 Å². The van der Waals surface area contributed by atoms with Gasteiger partial charge >= 0.3 is 0 Å². The van der Waals surface area contributed by atoms with Gasteiger partial charge in [0.25, 0.3) is 5.91 Å². The highest BCUT2D eigenvalue weighted by atomic mass is 35.5. The van der Waals surface area contributed by atoms with Crippen LogP contribution >= 0.6 is 22.9 Å². The number of aryl methyl sites for hydroxylation is 1. The third kappa shape index (κ3) is 3.79. The summed E-state index contributed by atoms with van der Waals surface area (Å²) in [4.78, 5) is 26.5. The molecule has 2 N–H and O–H groups in total. The molecule has 1 aromatic carbocycles. The Morgan fingerprint density at radius 2 is 1.67 bits per heavy atom. The van der Waals surface area contributed by atoms with E-state index in [2.05, 4.69) is 10.9 Å². The molecule has 128 valence electrons. The lowest BCUT2D eigenvalue weighted by atomic mass is 9.75. The highest BCUT2D eigenvalue weighted by Crippen LogP contribution is 2.32. The molecule has 24 heavy (non-hydrogen) atoms. The average Bonchev–Trinajstić information content (AvgIpc) is 3.02. The van der Waals surface area contributed by atoms with Crippen molar-refractivity contribution in [3.05, 3.63) is 56.7 Å². The van der Waals surface area contributed by atoms with Crippen molar-refractivity contribution in [1.29, 1.82) is 0 Å². The predicted molar refractivity (Wildman–Crippen MR) is 98.4 cm³/mol. The van der Waals surface area contributed by atoms with Crippen molar-refractivity contribution < 1.29 is 9.59 Å². The smallest absolute Gasteiger partial charge is 0.272 e. The second kappa shape index (κ2) is 7.81. The zero-order chi connectivity index (χ0) is 17.7. The van der Waals surface area contributed by atoms with Crippen LogP contribution < -0.4 is 10.9 Å². The molecule has 0 fully saturated rings. The van der Waals surface area contributed by atoms with Gasteiger partial charge in [0, 0.05) is 9.90 Å². The lowest BCUT2D eigenvalue weighted by Crippen LogP contribution is -2.51. The quantitative estimate of drug-likeness (QED) is 0.780. The molecule has 0 saturated heterocycles. The van der Waals surface area contributed by atoms with Crippen LogP contribution in [0.4, 0.5) is 0 Å². The minimum absolute atomic E-state index is 0.226. The minimum atomic E-state index is -0.705. The zero-order valence-electron chi connectivity index (χ0n) is 14.0. The van der Waals surface area contributed by atoms with Crippen molar-refractivity contribution in [2.24, 2.45) is 0 Å². The molecule has 0 saturated carbocycles. The van der Waals surface area contributed by atoms with Gasteiger partial charge in [-0.2, -0.15) is 0 Å². The molecule has 0 spiro atoms. The van der Waals surface area contributed by atoms with Gasteiger partial charge in [0.2, 0.25) is 5.91 Å². The Kier molecular flexibility index (Phi) is 6.02. The van der Waals surface area contributed by atoms with Crippen LogP contribution in [0.25, 0.3) is 0 Å². The maximum atomic E-state index is 12.8. The molecule has 2 rings (SSSR count). The van der Waals surface area contributed by atoms with Gasteiger partial charge in [-0.05, 0) is 49.6 Å². The van der Waals surface area contributed by atoms with Gasteiger partial charge in [0.15, 0.2) is 0 Å². The van der Waals surface area contributed by atoms with E-state index in [4.69, 9.17) is 11.6 Å². The van der Waals surface area contributed by atoms with Crippen molar-refractivity contribution in [3.8, 4) is 0 Å². The van der Waals surface area contributed by atoms with Crippen molar-refractivity contribution in [2.45, 2.75) is 39.0 Å². The number of thiophene rings is 1. The van der Waals surface area contributed by atoms with E-state index >= 15 is 0 Å². The fraction of sp³-hybridized carbons (Fsp3) is 0.333. The third-order valence-corrected chi connectivity index (χ3v) is 5.54. The van der Waals surface area contributed by atoms with Gasteiger partial charge in [0.05, 0.1) is 10.3 Å². The first kappa shape index (κ1) is 18.5. The van der Waals surface area contributed by atoms with Crippen LogP contribution in [0.2, 0.25) is 5.02 Å². The van der Waals surface area contributed by atoms with Crippen LogP contribution in [-0.4, -0.2) is 11.8 Å². The average molecular weight is 365 g/mol. The molecule has 4 nitrogen and oxygen atoms in total. The standard InChI is InChI=1S/C18H21ClN2O2S/c1-4-18(5-2,13-7-9-14(19)10-8-13)17(23)21-20-16(22)15-11-6-12(3)24-15/h6-11H,4-5H2,1-3H3,(H,20,22)(H,21,23). The lowest BCUT2D eigenvalue weighted by molar-refractivity contribution is -0.128. The largest absolute Gasteiger partial charge is 0.279 e. The van der Waals surface area contributed by atoms with Gasteiger partial charge < -0.3 is 0 Å². The molecule has 1 heterocycles. The molecule has 0 unspecified atom stereocenters. The molecular weight excluding hydrogens is 344 g/mol. The van der Waals surface area contributed by atoms with Crippen LogP contribution in [0.15, 0.2) is 36.4 Å². The number of benzene rings is 1. The maximum Gasteiger partial charge on any atom is 0.279 e. The zero-order valence-corrected chi connectivity index (χ0v) is 15.6. The molecule has 1 aromatic heterocycles. The van der Waals surface area contributed by atoms with E-state index in [9.17, 15) is 9.59 Å². The lowest BCUT2D eigenvalue weighted by Gasteiger charge is -2.30. The molecule has 0 aliphatic rings. The number of nitrogens with one attached hydrogen (secondary N) is 2. The summed E-state index contributed by atoms with van der Waals surface area (Å²) in [6, 6.07) is 10.9. The summed E-state index contributed by atoms with van der Waals surface area (Å²) in [5.74, 6) is -0.532. The number of carbonyl (C=O) groups excluding carboxylic acids is 2. The minimum Gasteiger partial charge on any atom is -0.272 e. The molecule has 0 radical (unpaired) electrons. The molecule has 0 bridgehead atoms. The normalized spacial score (nSPS) is 11.2. The Morgan fingerprint density at radius 1 is 1.04 bits per heavy atom. The van der Waals surface area contributed by atoms with Gasteiger partial charge in [0.1, 0.15) is 0 Å². The van der Waals surface area contributed by atoms with Crippen molar-refractivity contribution in [1.82, 2.24) is 10.9 Å². The summed E-state index contributed by atoms with van der Waals surface area (Å²) < 4.78 is 0. The summed E-state index contributed by atoms with van der Waals surface area (Å²) in [6.45, 7) is 5.85. The van der Waals surface area contributed by atoms with Gasteiger partial charge in [-0.25, -0.2) is 0 Å². The Balaban J connectivity index is 2.14. The topological polar surface area (TPSA) is 58.2 Å². The molecule has 2 amide bonds. The number of rotatable bonds is 5. The van der Waals surface area contributed by atoms with Crippen LogP contribution in [-0.2, 0) is 10.2 Å². The van der Waals surface area contributed by atoms with E-state index in [1.54, 1.807) is 18.2 Å². The summed E-state index contributed by atoms with van der Waals surface area (Å²) in [5.41, 5.74) is 5.27. The van der Waals surface area contributed by atoms with E-state index in [0.29, 0.717) is 22.7 Å². The molecular formula is C18H21ClN2O2S. The molecule has 6 heteroatoms. The number of carbonyl (C=O) groups is 2. The Morgan fingerprint density at radius 3 is 2.17 bits per heavy atom. The first-order chi connectivity index (χ1) is 11.4. The van der Waals surface area contributed by atoms with Crippen LogP contribution in [0.3, 0.4) is 0 Å². The van der Waals surface area contributed by atoms with Gasteiger partial charge in [-0.3, -0.25) is 20.4 Å². The monoisotopic (exact) mass is 364 g/mol. The van der Waals surface area contributed by atoms with E-state index < -0.39 is 5.41 Å². The second-order valence-electron chi connectivity index (χ2n) is 5.61. The van der Waals surface area contributed by atoms with E-state index in [-0.39, 0.29) is 11.8 Å². The maximum absolute atomic E-state index is 12.8. The number of hydrazine groups is 1. The number of amides is 2. The number of halogens is 1. The second-order valence-corrected chi connectivity index (χ2v) is 7.34. The summed E-state index contributed by atoms with van der Waals surface area (Å²) in [6.07, 6.45) is 1.23. The number of hydrogen-bond donors (Lipinski definition) is 2. The molecule has 0 aliphatic heterocycles. The van der Waals surface area contributed by atoms with Crippen LogP contribution in [0.1, 0.15) is 46.8 Å². The predicted octanol–water partition coefficient (Wildman–Crippen LogP) is 4.23. The van der Waals surface area contributed by atoms with E-state index in [1.165, 1.54) is 11.3 Å². The molecule has 2 aromatic rings. The van der Waals surface area contributed by atoms with Crippen LogP contribution in [0.5, 0.6) is 0 Å². The third-order valence-electron chi connectivity index (χ3n) is 4.29. The fourth-order valence-corrected chi connectivity index (χ4v) is 3.62. The van der Waals surface area contributed by atoms with E-state index in [1.807, 2.05) is 39.0 Å². The van der Waals surface area contributed by atoms with Crippen molar-refractivity contribution in [2.75, 3.05) is 0 Å². The molecule has 0 aliphatic carbocycles. The SMILES string of the molecule is CCC(CC)(C(=O)NNC(=O)c1ccc(C)s1)c1ccc(Cl)cc1. The first-order valence-corrected chi connectivity index (χ1v) is 9.05. The highest BCUT2D eigenvalue weighted by Gasteiger charge is 2.37. The summed E-state index contributed by atoms with van der Waals surface area (Å²) in [5, 5.41) is 0.627.